The van der Waals surface area contributed by atoms with Crippen molar-refractivity contribution in [1.82, 2.24) is 4.98 Å². The molecule has 0 bridgehead atoms. The summed E-state index contributed by atoms with van der Waals surface area (Å²) in [4.78, 5) is 8.97. The first-order chi connectivity index (χ1) is 14.0. The SMILES string of the molecule is COCCOc1cc2c(OC3COC3)nc(/N=C(/N)C=C(C)C)cc2cc1OC. The Kier molecular flexibility index (Phi) is 6.90. The number of aromatic nitrogens is 1. The van der Waals surface area contributed by atoms with Crippen LogP contribution in [0.15, 0.2) is 34.8 Å². The summed E-state index contributed by atoms with van der Waals surface area (Å²) in [7, 11) is 3.22. The van der Waals surface area contributed by atoms with E-state index in [0.717, 1.165) is 16.3 Å². The maximum absolute atomic E-state index is 6.04. The third-order valence-corrected chi connectivity index (χ3v) is 4.18. The highest BCUT2D eigenvalue weighted by Gasteiger charge is 2.23. The van der Waals surface area contributed by atoms with E-state index < -0.39 is 0 Å². The molecule has 156 valence electrons. The lowest BCUT2D eigenvalue weighted by molar-refractivity contribution is -0.0806. The van der Waals surface area contributed by atoms with Crippen LogP contribution < -0.4 is 19.9 Å². The summed E-state index contributed by atoms with van der Waals surface area (Å²) < 4.78 is 27.6. The van der Waals surface area contributed by atoms with E-state index in [4.69, 9.17) is 29.4 Å². The average Bonchev–Trinajstić information content (AvgIpc) is 2.63. The van der Waals surface area contributed by atoms with Crippen molar-refractivity contribution in [1.29, 1.82) is 0 Å². The fourth-order valence-corrected chi connectivity index (χ4v) is 2.77. The van der Waals surface area contributed by atoms with Crippen LogP contribution in [0, 0.1) is 0 Å². The number of amidine groups is 1. The smallest absolute Gasteiger partial charge is 0.223 e. The van der Waals surface area contributed by atoms with Crippen molar-refractivity contribution >= 4 is 22.4 Å². The Hall–Kier alpha value is -2.84. The molecule has 29 heavy (non-hydrogen) atoms. The first-order valence-electron chi connectivity index (χ1n) is 9.38. The van der Waals surface area contributed by atoms with Crippen molar-refractivity contribution in [2.75, 3.05) is 40.6 Å². The number of hydrogen-bond acceptors (Lipinski definition) is 7. The standard InChI is InChI=1S/C21H27N3O5/c1-13(2)7-19(22)23-20-9-14-8-17(26-4)18(28-6-5-25-3)10-16(14)21(24-20)29-15-11-27-12-15/h7-10,15H,5-6,11-12H2,1-4H3,(H2,22,23,24). The van der Waals surface area contributed by atoms with Crippen molar-refractivity contribution in [3.05, 3.63) is 29.8 Å². The van der Waals surface area contributed by atoms with Gasteiger partial charge in [0.05, 0.1) is 26.9 Å². The molecule has 3 rings (SSSR count). The zero-order chi connectivity index (χ0) is 20.8. The van der Waals surface area contributed by atoms with Gasteiger partial charge >= 0.3 is 0 Å². The first-order valence-corrected chi connectivity index (χ1v) is 9.38. The quantitative estimate of drug-likeness (QED) is 0.392. The minimum atomic E-state index is -0.0416. The van der Waals surface area contributed by atoms with Crippen LogP contribution in [0.5, 0.6) is 17.4 Å². The topological polar surface area (TPSA) is 97.4 Å². The van der Waals surface area contributed by atoms with Gasteiger partial charge in [0.1, 0.15) is 18.5 Å². The Labute approximate surface area is 170 Å². The van der Waals surface area contributed by atoms with Gasteiger partial charge in [-0.15, -0.1) is 0 Å². The first kappa shape index (κ1) is 20.9. The lowest BCUT2D eigenvalue weighted by Crippen LogP contribution is -2.38. The third kappa shape index (κ3) is 5.36. The number of allylic oxidation sites excluding steroid dienone is 1. The molecule has 1 aromatic carbocycles. The molecule has 2 N–H and O–H groups in total. The summed E-state index contributed by atoms with van der Waals surface area (Å²) in [6.45, 7) is 5.85. The van der Waals surface area contributed by atoms with E-state index in [9.17, 15) is 0 Å². The molecule has 0 unspecified atom stereocenters. The fourth-order valence-electron chi connectivity index (χ4n) is 2.77. The van der Waals surface area contributed by atoms with Gasteiger partial charge in [0, 0.05) is 12.5 Å². The highest BCUT2D eigenvalue weighted by atomic mass is 16.6. The van der Waals surface area contributed by atoms with Crippen molar-refractivity contribution in [3.8, 4) is 17.4 Å². The van der Waals surface area contributed by atoms with Crippen molar-refractivity contribution < 1.29 is 23.7 Å². The number of methoxy groups -OCH3 is 2. The summed E-state index contributed by atoms with van der Waals surface area (Å²) in [5.41, 5.74) is 7.05. The largest absolute Gasteiger partial charge is 0.493 e. The Morgan fingerprint density at radius 2 is 2.00 bits per heavy atom. The van der Waals surface area contributed by atoms with E-state index in [0.29, 0.717) is 55.5 Å². The third-order valence-electron chi connectivity index (χ3n) is 4.18. The monoisotopic (exact) mass is 401 g/mol. The van der Waals surface area contributed by atoms with Gasteiger partial charge in [0.15, 0.2) is 17.3 Å². The van der Waals surface area contributed by atoms with Gasteiger partial charge in [-0.25, -0.2) is 4.99 Å². The van der Waals surface area contributed by atoms with Crippen LogP contribution >= 0.6 is 0 Å². The molecule has 1 fully saturated rings. The molecular formula is C21H27N3O5. The molecule has 0 spiro atoms. The number of fused-ring (bicyclic) bond motifs is 1. The van der Waals surface area contributed by atoms with Crippen LogP contribution in [0.3, 0.4) is 0 Å². The maximum Gasteiger partial charge on any atom is 0.223 e. The molecule has 2 aromatic rings. The molecule has 1 aliphatic rings. The predicted molar refractivity (Wildman–Crippen MR) is 112 cm³/mol. The maximum atomic E-state index is 6.04. The molecule has 2 heterocycles. The van der Waals surface area contributed by atoms with Gasteiger partial charge in [0.25, 0.3) is 0 Å². The van der Waals surface area contributed by atoms with E-state index in [1.807, 2.05) is 32.0 Å². The molecule has 0 atom stereocenters. The zero-order valence-electron chi connectivity index (χ0n) is 17.2. The molecule has 8 nitrogen and oxygen atoms in total. The zero-order valence-corrected chi connectivity index (χ0v) is 17.2. The number of rotatable bonds is 9. The van der Waals surface area contributed by atoms with Crippen LogP contribution in [-0.2, 0) is 9.47 Å². The second-order valence-electron chi connectivity index (χ2n) is 6.89. The van der Waals surface area contributed by atoms with Crippen LogP contribution in [0.25, 0.3) is 10.8 Å². The molecule has 1 aliphatic heterocycles. The number of nitrogens with two attached hydrogens (primary N) is 1. The van der Waals surface area contributed by atoms with Gasteiger partial charge in [-0.05, 0) is 43.5 Å². The molecule has 0 aliphatic carbocycles. The van der Waals surface area contributed by atoms with Crippen molar-refractivity contribution in [2.45, 2.75) is 20.0 Å². The minimum Gasteiger partial charge on any atom is -0.493 e. The predicted octanol–water partition coefficient (Wildman–Crippen LogP) is 3.00. The van der Waals surface area contributed by atoms with Gasteiger partial charge in [-0.1, -0.05) is 5.57 Å². The van der Waals surface area contributed by atoms with Crippen molar-refractivity contribution in [2.24, 2.45) is 10.7 Å². The van der Waals surface area contributed by atoms with Crippen LogP contribution in [-0.4, -0.2) is 57.6 Å². The normalized spacial score (nSPS) is 14.4. The second kappa shape index (κ2) is 9.58. The van der Waals surface area contributed by atoms with E-state index in [1.165, 1.54) is 0 Å². The summed E-state index contributed by atoms with van der Waals surface area (Å²) in [6.07, 6.45) is 1.75. The molecule has 0 amide bonds. The van der Waals surface area contributed by atoms with Gasteiger partial charge < -0.3 is 29.4 Å². The molecule has 0 saturated carbocycles. The number of aliphatic imine (C=N–C) groups is 1. The highest BCUT2D eigenvalue weighted by Crippen LogP contribution is 2.38. The number of benzene rings is 1. The second-order valence-corrected chi connectivity index (χ2v) is 6.89. The van der Waals surface area contributed by atoms with Crippen molar-refractivity contribution in [3.63, 3.8) is 0 Å². The average molecular weight is 401 g/mol. The summed E-state index contributed by atoms with van der Waals surface area (Å²) >= 11 is 0. The highest BCUT2D eigenvalue weighted by molar-refractivity contribution is 5.96. The van der Waals surface area contributed by atoms with Gasteiger partial charge in [0.2, 0.25) is 5.88 Å². The Bertz CT molecular complexity index is 918. The van der Waals surface area contributed by atoms with Crippen LogP contribution in [0.2, 0.25) is 0 Å². The molecular weight excluding hydrogens is 374 g/mol. The van der Waals surface area contributed by atoms with E-state index >= 15 is 0 Å². The molecule has 1 aromatic heterocycles. The fraction of sp³-hybridized carbons (Fsp3) is 0.429. The van der Waals surface area contributed by atoms with Crippen LogP contribution in [0.1, 0.15) is 13.8 Å². The number of hydrogen-bond donors (Lipinski definition) is 1. The summed E-state index contributed by atoms with van der Waals surface area (Å²) in [6, 6.07) is 5.57. The van der Waals surface area contributed by atoms with Gasteiger partial charge in [-0.2, -0.15) is 4.98 Å². The Morgan fingerprint density at radius 3 is 2.62 bits per heavy atom. The van der Waals surface area contributed by atoms with Crippen LogP contribution in [0.4, 0.5) is 5.82 Å². The Balaban J connectivity index is 2.06. The molecule has 1 saturated heterocycles. The molecule has 8 heteroatoms. The van der Waals surface area contributed by atoms with E-state index in [2.05, 4.69) is 9.98 Å². The minimum absolute atomic E-state index is 0.0416. The summed E-state index contributed by atoms with van der Waals surface area (Å²) in [5.74, 6) is 2.48. The number of nitrogens with zero attached hydrogens (tertiary/aromatic N) is 2. The Morgan fingerprint density at radius 1 is 1.21 bits per heavy atom. The number of ether oxygens (including phenoxy) is 5. The van der Waals surface area contributed by atoms with E-state index in [1.54, 1.807) is 20.3 Å². The number of pyridine rings is 1. The molecule has 0 radical (unpaired) electrons. The lowest BCUT2D eigenvalue weighted by atomic mass is 10.1. The van der Waals surface area contributed by atoms with Gasteiger partial charge in [-0.3, -0.25) is 0 Å². The summed E-state index contributed by atoms with van der Waals surface area (Å²) in [5, 5.41) is 1.65. The van der Waals surface area contributed by atoms with E-state index in [-0.39, 0.29) is 6.10 Å². The lowest BCUT2D eigenvalue weighted by Gasteiger charge is -2.26.